The lowest BCUT2D eigenvalue weighted by atomic mass is 10.1. The van der Waals surface area contributed by atoms with Crippen molar-refractivity contribution in [2.45, 2.75) is 31.4 Å². The first-order valence-electron chi connectivity index (χ1n) is 11.1. The molecule has 0 bridgehead atoms. The molecule has 9 nitrogen and oxygen atoms in total. The van der Waals surface area contributed by atoms with Gasteiger partial charge >= 0.3 is 5.97 Å². The highest BCUT2D eigenvalue weighted by molar-refractivity contribution is 5.90. The number of aromatic carboxylic acids is 1. The lowest BCUT2D eigenvalue weighted by Gasteiger charge is -2.28. The second kappa shape index (κ2) is 8.02. The van der Waals surface area contributed by atoms with Crippen molar-refractivity contribution in [2.24, 2.45) is 0 Å². The summed E-state index contributed by atoms with van der Waals surface area (Å²) in [4.78, 5) is 24.4. The van der Waals surface area contributed by atoms with E-state index in [1.54, 1.807) is 13.4 Å². The lowest BCUT2D eigenvalue weighted by Crippen LogP contribution is -2.22. The minimum atomic E-state index is -1.03. The minimum Gasteiger partial charge on any atom is -0.493 e. The van der Waals surface area contributed by atoms with Gasteiger partial charge in [0.15, 0.2) is 23.3 Å². The summed E-state index contributed by atoms with van der Waals surface area (Å²) < 4.78 is 19.8. The van der Waals surface area contributed by atoms with Gasteiger partial charge in [0, 0.05) is 29.6 Å². The first kappa shape index (κ1) is 20.5. The molecule has 9 heteroatoms. The first-order valence-corrected chi connectivity index (χ1v) is 11.1. The molecule has 1 aliphatic heterocycles. The zero-order valence-electron chi connectivity index (χ0n) is 18.5. The Kier molecular flexibility index (Phi) is 4.83. The fraction of sp³-hybridized carbons (Fsp3) is 0.280. The molecule has 1 saturated carbocycles. The molecule has 172 valence electrons. The molecule has 0 amide bonds. The second-order valence-corrected chi connectivity index (χ2v) is 8.58. The lowest BCUT2D eigenvalue weighted by molar-refractivity contribution is 0.0696. The molecule has 3 aromatic heterocycles. The van der Waals surface area contributed by atoms with Crippen molar-refractivity contribution in [3.63, 3.8) is 0 Å². The molecule has 4 aromatic rings. The summed E-state index contributed by atoms with van der Waals surface area (Å²) in [5.74, 6) is 1.32. The molecule has 0 spiro atoms. The standard InChI is InChI=1S/C25H22N4O5/c1-32-20-6-14(11-29-13-28-19-8-17(25(30)31)10-27-24(19)29)7-21-23(20)34-22(12-33-21)16-4-5-18(26-9-16)15-2-3-15/h4-10,13,15,22H,2-3,11-12H2,1H3,(H,30,31). The normalized spacial score (nSPS) is 17.0. The average molecular weight is 458 g/mol. The molecule has 6 rings (SSSR count). The molecule has 1 unspecified atom stereocenters. The van der Waals surface area contributed by atoms with Crippen LogP contribution in [0.15, 0.2) is 49.1 Å². The molecule has 1 aromatic carbocycles. The molecule has 1 aliphatic carbocycles. The smallest absolute Gasteiger partial charge is 0.337 e. The average Bonchev–Trinajstić information content (AvgIpc) is 3.64. The number of ether oxygens (including phenoxy) is 3. The highest BCUT2D eigenvalue weighted by atomic mass is 16.6. The van der Waals surface area contributed by atoms with Crippen LogP contribution in [0.4, 0.5) is 0 Å². The number of carboxylic acid groups (broad SMARTS) is 1. The van der Waals surface area contributed by atoms with Crippen molar-refractivity contribution in [3.8, 4) is 17.2 Å². The van der Waals surface area contributed by atoms with Gasteiger partial charge < -0.3 is 23.9 Å². The molecule has 0 radical (unpaired) electrons. The molecule has 2 aliphatic rings. The third kappa shape index (κ3) is 3.68. The van der Waals surface area contributed by atoms with Gasteiger partial charge in [-0.15, -0.1) is 0 Å². The van der Waals surface area contributed by atoms with Crippen LogP contribution >= 0.6 is 0 Å². The van der Waals surface area contributed by atoms with Gasteiger partial charge in [-0.25, -0.2) is 14.8 Å². The van der Waals surface area contributed by atoms with Gasteiger partial charge in [0.05, 0.1) is 25.5 Å². The number of carboxylic acids is 1. The molecule has 4 heterocycles. The van der Waals surface area contributed by atoms with E-state index in [9.17, 15) is 4.79 Å². The largest absolute Gasteiger partial charge is 0.493 e. The van der Waals surface area contributed by atoms with E-state index in [-0.39, 0.29) is 11.7 Å². The van der Waals surface area contributed by atoms with E-state index in [4.69, 9.17) is 19.3 Å². The number of rotatable bonds is 6. The zero-order valence-corrected chi connectivity index (χ0v) is 18.5. The number of nitrogens with zero attached hydrogens (tertiary/aromatic N) is 4. The number of imidazole rings is 1. The molecule has 0 saturated heterocycles. The molecular weight excluding hydrogens is 436 g/mol. The van der Waals surface area contributed by atoms with Gasteiger partial charge in [-0.1, -0.05) is 6.07 Å². The number of carbonyl (C=O) groups is 1. The Morgan fingerprint density at radius 1 is 1.18 bits per heavy atom. The van der Waals surface area contributed by atoms with Crippen molar-refractivity contribution in [1.29, 1.82) is 0 Å². The molecular formula is C25H22N4O5. The molecule has 1 atom stereocenters. The van der Waals surface area contributed by atoms with E-state index in [0.29, 0.717) is 47.5 Å². The Morgan fingerprint density at radius 3 is 2.79 bits per heavy atom. The van der Waals surface area contributed by atoms with Gasteiger partial charge in [0.25, 0.3) is 0 Å². The Labute approximate surface area is 195 Å². The van der Waals surface area contributed by atoms with E-state index in [1.165, 1.54) is 25.1 Å². The fourth-order valence-electron chi connectivity index (χ4n) is 4.21. The Bertz CT molecular complexity index is 1380. The van der Waals surface area contributed by atoms with E-state index in [2.05, 4.69) is 27.1 Å². The van der Waals surface area contributed by atoms with Gasteiger partial charge in [0.2, 0.25) is 5.75 Å². The second-order valence-electron chi connectivity index (χ2n) is 8.58. The number of benzene rings is 1. The highest BCUT2D eigenvalue weighted by Gasteiger charge is 2.29. The van der Waals surface area contributed by atoms with Crippen LogP contribution in [0.1, 0.15) is 52.0 Å². The quantitative estimate of drug-likeness (QED) is 0.462. The van der Waals surface area contributed by atoms with Gasteiger partial charge in [-0.2, -0.15) is 0 Å². The number of pyridine rings is 2. The Balaban J connectivity index is 1.25. The van der Waals surface area contributed by atoms with E-state index in [0.717, 1.165) is 16.8 Å². The summed E-state index contributed by atoms with van der Waals surface area (Å²) in [6.45, 7) is 0.830. The van der Waals surface area contributed by atoms with Crippen LogP contribution in [-0.4, -0.2) is 44.3 Å². The Morgan fingerprint density at radius 2 is 2.06 bits per heavy atom. The predicted molar refractivity (Wildman–Crippen MR) is 122 cm³/mol. The van der Waals surface area contributed by atoms with Gasteiger partial charge in [0.1, 0.15) is 12.1 Å². The van der Waals surface area contributed by atoms with Crippen LogP contribution in [0.5, 0.6) is 17.2 Å². The maximum atomic E-state index is 11.2. The topological polar surface area (TPSA) is 109 Å². The van der Waals surface area contributed by atoms with Crippen LogP contribution in [0.25, 0.3) is 11.2 Å². The summed E-state index contributed by atoms with van der Waals surface area (Å²) >= 11 is 0. The van der Waals surface area contributed by atoms with Crippen LogP contribution in [0, 0.1) is 0 Å². The SMILES string of the molecule is COc1cc(Cn2cnc3cc(C(=O)O)cnc32)cc2c1OC(c1ccc(C3CC3)nc1)CO2. The molecule has 1 N–H and O–H groups in total. The number of hydrogen-bond donors (Lipinski definition) is 1. The Hall–Kier alpha value is -4.14. The van der Waals surface area contributed by atoms with Crippen molar-refractivity contribution in [3.05, 3.63) is 71.4 Å². The highest BCUT2D eigenvalue weighted by Crippen LogP contribution is 2.45. The van der Waals surface area contributed by atoms with E-state index in [1.807, 2.05) is 22.9 Å². The van der Waals surface area contributed by atoms with Crippen molar-refractivity contribution < 1.29 is 24.1 Å². The number of methoxy groups -OCH3 is 1. The van der Waals surface area contributed by atoms with E-state index >= 15 is 0 Å². The first-order chi connectivity index (χ1) is 16.6. The monoisotopic (exact) mass is 458 g/mol. The van der Waals surface area contributed by atoms with Crippen LogP contribution in [-0.2, 0) is 6.54 Å². The summed E-state index contributed by atoms with van der Waals surface area (Å²) in [6.07, 6.45) is 7.02. The summed E-state index contributed by atoms with van der Waals surface area (Å²) in [6, 6.07) is 9.47. The maximum absolute atomic E-state index is 11.2. The third-order valence-electron chi connectivity index (χ3n) is 6.18. The number of aromatic nitrogens is 4. The number of fused-ring (bicyclic) bond motifs is 2. The zero-order chi connectivity index (χ0) is 23.2. The number of hydrogen-bond acceptors (Lipinski definition) is 7. The van der Waals surface area contributed by atoms with Crippen molar-refractivity contribution >= 4 is 17.1 Å². The van der Waals surface area contributed by atoms with Crippen LogP contribution in [0.3, 0.4) is 0 Å². The molecule has 1 fully saturated rings. The maximum Gasteiger partial charge on any atom is 0.337 e. The third-order valence-corrected chi connectivity index (χ3v) is 6.18. The summed E-state index contributed by atoms with van der Waals surface area (Å²) in [5, 5.41) is 9.17. The summed E-state index contributed by atoms with van der Waals surface area (Å²) in [5.41, 5.74) is 4.25. The van der Waals surface area contributed by atoms with Crippen LogP contribution in [0.2, 0.25) is 0 Å². The van der Waals surface area contributed by atoms with Crippen LogP contribution < -0.4 is 14.2 Å². The fourth-order valence-corrected chi connectivity index (χ4v) is 4.21. The van der Waals surface area contributed by atoms with Gasteiger partial charge in [-0.05, 0) is 42.7 Å². The molecule has 34 heavy (non-hydrogen) atoms. The summed E-state index contributed by atoms with van der Waals surface area (Å²) in [7, 11) is 1.60. The van der Waals surface area contributed by atoms with Crippen molar-refractivity contribution in [1.82, 2.24) is 19.5 Å². The van der Waals surface area contributed by atoms with Crippen molar-refractivity contribution in [2.75, 3.05) is 13.7 Å². The predicted octanol–water partition coefficient (Wildman–Crippen LogP) is 3.97. The van der Waals surface area contributed by atoms with Gasteiger partial charge in [-0.3, -0.25) is 4.98 Å². The van der Waals surface area contributed by atoms with E-state index < -0.39 is 5.97 Å². The minimum absolute atomic E-state index is 0.102.